The average molecular weight is 405 g/mol. The smallest absolute Gasteiger partial charge is 0.247 e. The van der Waals surface area contributed by atoms with Crippen molar-refractivity contribution in [1.29, 1.82) is 0 Å². The number of rotatable bonds is 6. The summed E-state index contributed by atoms with van der Waals surface area (Å²) >= 11 is 6.96. The van der Waals surface area contributed by atoms with E-state index in [0.29, 0.717) is 22.1 Å². The standard InChI is InChI=1S/C19H17ClN2O4S/c1-26-15-4-2-3-14(9-15)22-18(24)10-16(19(22)25)27-11-17(23)21-13-7-5-12(20)6-8-13/h2-9,16H,10-11H2,1H3,(H,21,23). The minimum absolute atomic E-state index is 0.0644. The number of hydrogen-bond donors (Lipinski definition) is 1. The largest absolute Gasteiger partial charge is 0.497 e. The molecule has 1 heterocycles. The van der Waals surface area contributed by atoms with Gasteiger partial charge in [-0.1, -0.05) is 17.7 Å². The molecule has 0 aromatic heterocycles. The number of carbonyl (C=O) groups is 3. The molecule has 1 aliphatic heterocycles. The van der Waals surface area contributed by atoms with Gasteiger partial charge in [-0.3, -0.25) is 14.4 Å². The van der Waals surface area contributed by atoms with E-state index < -0.39 is 5.25 Å². The summed E-state index contributed by atoms with van der Waals surface area (Å²) in [7, 11) is 1.52. The maximum absolute atomic E-state index is 12.6. The first kappa shape index (κ1) is 19.3. The molecule has 3 amide bonds. The van der Waals surface area contributed by atoms with E-state index in [0.717, 1.165) is 16.7 Å². The molecule has 1 unspecified atom stereocenters. The summed E-state index contributed by atoms with van der Waals surface area (Å²) in [6.45, 7) is 0. The number of nitrogens with zero attached hydrogens (tertiary/aromatic N) is 1. The zero-order chi connectivity index (χ0) is 19.4. The second kappa shape index (κ2) is 8.45. The molecule has 0 bridgehead atoms. The first-order valence-electron chi connectivity index (χ1n) is 8.16. The Hall–Kier alpha value is -2.51. The third-order valence-electron chi connectivity index (χ3n) is 3.96. The maximum Gasteiger partial charge on any atom is 0.247 e. The number of carbonyl (C=O) groups excluding carboxylic acids is 3. The molecule has 1 aliphatic rings. The van der Waals surface area contributed by atoms with Crippen LogP contribution in [0.25, 0.3) is 0 Å². The molecule has 140 valence electrons. The highest BCUT2D eigenvalue weighted by molar-refractivity contribution is 8.01. The van der Waals surface area contributed by atoms with Gasteiger partial charge in [0.2, 0.25) is 17.7 Å². The summed E-state index contributed by atoms with van der Waals surface area (Å²) in [5.41, 5.74) is 1.09. The maximum atomic E-state index is 12.6. The summed E-state index contributed by atoms with van der Waals surface area (Å²) in [5.74, 6) is -0.228. The Morgan fingerprint density at radius 2 is 2.00 bits per heavy atom. The molecule has 3 rings (SSSR count). The van der Waals surface area contributed by atoms with Crippen LogP contribution >= 0.6 is 23.4 Å². The number of imide groups is 1. The fourth-order valence-electron chi connectivity index (χ4n) is 2.66. The molecule has 2 aromatic rings. The molecule has 8 heteroatoms. The first-order valence-corrected chi connectivity index (χ1v) is 9.58. The molecule has 1 atom stereocenters. The predicted molar refractivity (Wildman–Crippen MR) is 106 cm³/mol. The Labute approximate surface area is 165 Å². The lowest BCUT2D eigenvalue weighted by atomic mass is 10.3. The topological polar surface area (TPSA) is 75.7 Å². The van der Waals surface area contributed by atoms with E-state index in [1.165, 1.54) is 7.11 Å². The van der Waals surface area contributed by atoms with Gasteiger partial charge in [-0.25, -0.2) is 4.90 Å². The van der Waals surface area contributed by atoms with Crippen molar-refractivity contribution in [3.63, 3.8) is 0 Å². The van der Waals surface area contributed by atoms with Gasteiger partial charge in [0, 0.05) is 23.2 Å². The summed E-state index contributed by atoms with van der Waals surface area (Å²) in [6, 6.07) is 13.5. The SMILES string of the molecule is COc1cccc(N2C(=O)CC(SCC(=O)Nc3ccc(Cl)cc3)C2=O)c1. The second-order valence-electron chi connectivity index (χ2n) is 5.83. The lowest BCUT2D eigenvalue weighted by Crippen LogP contribution is -2.31. The number of methoxy groups -OCH3 is 1. The number of amides is 3. The van der Waals surface area contributed by atoms with E-state index >= 15 is 0 Å². The van der Waals surface area contributed by atoms with Crippen LogP contribution < -0.4 is 15.0 Å². The summed E-state index contributed by atoms with van der Waals surface area (Å²) in [4.78, 5) is 38.2. The molecule has 0 saturated carbocycles. The quantitative estimate of drug-likeness (QED) is 0.747. The number of anilines is 2. The van der Waals surface area contributed by atoms with E-state index in [4.69, 9.17) is 16.3 Å². The van der Waals surface area contributed by atoms with Gasteiger partial charge in [-0.05, 0) is 36.4 Å². The van der Waals surface area contributed by atoms with Crippen LogP contribution in [0.3, 0.4) is 0 Å². The zero-order valence-electron chi connectivity index (χ0n) is 14.5. The monoisotopic (exact) mass is 404 g/mol. The number of halogens is 1. The van der Waals surface area contributed by atoms with E-state index in [2.05, 4.69) is 5.32 Å². The fraction of sp³-hybridized carbons (Fsp3) is 0.211. The zero-order valence-corrected chi connectivity index (χ0v) is 16.0. The van der Waals surface area contributed by atoms with Crippen LogP contribution in [0.1, 0.15) is 6.42 Å². The highest BCUT2D eigenvalue weighted by atomic mass is 35.5. The summed E-state index contributed by atoms with van der Waals surface area (Å²) in [6.07, 6.45) is 0.0644. The van der Waals surface area contributed by atoms with Crippen molar-refractivity contribution in [2.24, 2.45) is 0 Å². The average Bonchev–Trinajstić information content (AvgIpc) is 2.95. The van der Waals surface area contributed by atoms with Crippen molar-refractivity contribution in [1.82, 2.24) is 0 Å². The van der Waals surface area contributed by atoms with Gasteiger partial charge in [0.1, 0.15) is 5.75 Å². The molecule has 1 fully saturated rings. The Kier molecular flexibility index (Phi) is 6.03. The van der Waals surface area contributed by atoms with Crippen LogP contribution in [0, 0.1) is 0 Å². The Morgan fingerprint density at radius 3 is 2.70 bits per heavy atom. The molecule has 1 saturated heterocycles. The molecular weight excluding hydrogens is 388 g/mol. The molecule has 0 spiro atoms. The number of ether oxygens (including phenoxy) is 1. The van der Waals surface area contributed by atoms with Gasteiger partial charge >= 0.3 is 0 Å². The normalized spacial score (nSPS) is 16.5. The highest BCUT2D eigenvalue weighted by Gasteiger charge is 2.40. The molecule has 0 aliphatic carbocycles. The van der Waals surface area contributed by atoms with E-state index in [1.54, 1.807) is 48.5 Å². The van der Waals surface area contributed by atoms with Crippen molar-refractivity contribution in [3.05, 3.63) is 53.6 Å². The number of thioether (sulfide) groups is 1. The van der Waals surface area contributed by atoms with Crippen LogP contribution in [0.5, 0.6) is 5.75 Å². The van der Waals surface area contributed by atoms with E-state index in [1.807, 2.05) is 0 Å². The van der Waals surface area contributed by atoms with Crippen LogP contribution in [0.2, 0.25) is 5.02 Å². The second-order valence-corrected chi connectivity index (χ2v) is 7.46. The van der Waals surface area contributed by atoms with Gasteiger partial charge < -0.3 is 10.1 Å². The van der Waals surface area contributed by atoms with Crippen molar-refractivity contribution in [2.75, 3.05) is 23.1 Å². The predicted octanol–water partition coefficient (Wildman–Crippen LogP) is 3.35. The van der Waals surface area contributed by atoms with Gasteiger partial charge in [-0.15, -0.1) is 11.8 Å². The van der Waals surface area contributed by atoms with Crippen molar-refractivity contribution < 1.29 is 19.1 Å². The van der Waals surface area contributed by atoms with Gasteiger partial charge in [0.05, 0.1) is 23.8 Å². The Morgan fingerprint density at radius 1 is 1.26 bits per heavy atom. The third kappa shape index (κ3) is 4.61. The van der Waals surface area contributed by atoms with Gasteiger partial charge in [0.15, 0.2) is 0 Å². The molecule has 2 aromatic carbocycles. The van der Waals surface area contributed by atoms with Crippen molar-refractivity contribution >= 4 is 52.5 Å². The van der Waals surface area contributed by atoms with Crippen LogP contribution in [-0.4, -0.2) is 35.8 Å². The van der Waals surface area contributed by atoms with E-state index in [9.17, 15) is 14.4 Å². The first-order chi connectivity index (χ1) is 13.0. The van der Waals surface area contributed by atoms with Crippen molar-refractivity contribution in [2.45, 2.75) is 11.7 Å². The molecule has 27 heavy (non-hydrogen) atoms. The van der Waals surface area contributed by atoms with Crippen LogP contribution in [0.15, 0.2) is 48.5 Å². The number of hydrogen-bond acceptors (Lipinski definition) is 5. The third-order valence-corrected chi connectivity index (χ3v) is 5.41. The Bertz CT molecular complexity index is 872. The molecular formula is C19H17ClN2O4S. The van der Waals surface area contributed by atoms with E-state index in [-0.39, 0.29) is 29.9 Å². The minimum atomic E-state index is -0.584. The summed E-state index contributed by atoms with van der Waals surface area (Å²) < 4.78 is 5.14. The van der Waals surface area contributed by atoms with Crippen LogP contribution in [-0.2, 0) is 14.4 Å². The molecule has 0 radical (unpaired) electrons. The van der Waals surface area contributed by atoms with Crippen LogP contribution in [0.4, 0.5) is 11.4 Å². The number of nitrogens with one attached hydrogen (secondary N) is 1. The minimum Gasteiger partial charge on any atom is -0.497 e. The highest BCUT2D eigenvalue weighted by Crippen LogP contribution is 2.31. The molecule has 1 N–H and O–H groups in total. The lowest BCUT2D eigenvalue weighted by Gasteiger charge is -2.15. The summed E-state index contributed by atoms with van der Waals surface area (Å²) in [5, 5.41) is 2.73. The molecule has 6 nitrogen and oxygen atoms in total. The Balaban J connectivity index is 1.59. The van der Waals surface area contributed by atoms with Gasteiger partial charge in [0.25, 0.3) is 0 Å². The van der Waals surface area contributed by atoms with Gasteiger partial charge in [-0.2, -0.15) is 0 Å². The van der Waals surface area contributed by atoms with Crippen molar-refractivity contribution in [3.8, 4) is 5.75 Å². The lowest BCUT2D eigenvalue weighted by molar-refractivity contribution is -0.121. The fourth-order valence-corrected chi connectivity index (χ4v) is 3.72. The number of benzene rings is 2.